The quantitative estimate of drug-likeness (QED) is 0.629. The van der Waals surface area contributed by atoms with Crippen molar-refractivity contribution in [1.82, 2.24) is 0 Å². The van der Waals surface area contributed by atoms with Crippen molar-refractivity contribution in [2.24, 2.45) is 0 Å². The van der Waals surface area contributed by atoms with Gasteiger partial charge in [-0.15, -0.1) is 0 Å². The monoisotopic (exact) mass is 186 g/mol. The standard InChI is InChI=1S/C10H18O3/c1-7(4-5-11)8-6-9(12)10(2,3)13-8/h4,8-9,11-12H,5-6H2,1-3H3. The van der Waals surface area contributed by atoms with Gasteiger partial charge in [0.2, 0.25) is 0 Å². The van der Waals surface area contributed by atoms with Gasteiger partial charge >= 0.3 is 0 Å². The van der Waals surface area contributed by atoms with Crippen LogP contribution in [-0.4, -0.2) is 34.6 Å². The number of aliphatic hydroxyl groups is 2. The lowest BCUT2D eigenvalue weighted by Gasteiger charge is -2.22. The Balaban J connectivity index is 2.63. The molecule has 0 amide bonds. The van der Waals surface area contributed by atoms with Gasteiger partial charge in [0, 0.05) is 6.42 Å². The highest BCUT2D eigenvalue weighted by Gasteiger charge is 2.40. The summed E-state index contributed by atoms with van der Waals surface area (Å²) < 4.78 is 5.65. The molecule has 0 aromatic heterocycles. The predicted octanol–water partition coefficient (Wildman–Crippen LogP) is 0.853. The Morgan fingerprint density at radius 2 is 2.23 bits per heavy atom. The summed E-state index contributed by atoms with van der Waals surface area (Å²) in [6.45, 7) is 5.70. The molecule has 0 radical (unpaired) electrons. The molecule has 3 heteroatoms. The summed E-state index contributed by atoms with van der Waals surface area (Å²) >= 11 is 0. The Hall–Kier alpha value is -0.380. The zero-order valence-electron chi connectivity index (χ0n) is 8.45. The summed E-state index contributed by atoms with van der Waals surface area (Å²) in [5.41, 5.74) is 0.530. The summed E-state index contributed by atoms with van der Waals surface area (Å²) in [6, 6.07) is 0. The summed E-state index contributed by atoms with van der Waals surface area (Å²) in [5, 5.41) is 18.3. The Morgan fingerprint density at radius 3 is 2.62 bits per heavy atom. The third kappa shape index (κ3) is 2.30. The SMILES string of the molecule is CC(=CCO)C1CC(O)C(C)(C)O1. The molecule has 1 fully saturated rings. The second-order valence-corrected chi connectivity index (χ2v) is 4.09. The fourth-order valence-corrected chi connectivity index (χ4v) is 1.53. The van der Waals surface area contributed by atoms with Gasteiger partial charge in [0.1, 0.15) is 0 Å². The van der Waals surface area contributed by atoms with Crippen LogP contribution in [0.3, 0.4) is 0 Å². The van der Waals surface area contributed by atoms with Crippen molar-refractivity contribution in [3.63, 3.8) is 0 Å². The first-order valence-corrected chi connectivity index (χ1v) is 4.61. The predicted molar refractivity (Wildman–Crippen MR) is 50.4 cm³/mol. The molecule has 0 bridgehead atoms. The van der Waals surface area contributed by atoms with Crippen molar-refractivity contribution in [3.05, 3.63) is 11.6 Å². The van der Waals surface area contributed by atoms with Gasteiger partial charge in [-0.2, -0.15) is 0 Å². The van der Waals surface area contributed by atoms with Crippen molar-refractivity contribution in [1.29, 1.82) is 0 Å². The van der Waals surface area contributed by atoms with Crippen LogP contribution < -0.4 is 0 Å². The molecule has 1 heterocycles. The van der Waals surface area contributed by atoms with Crippen LogP contribution in [0, 0.1) is 0 Å². The molecule has 1 saturated heterocycles. The Morgan fingerprint density at radius 1 is 1.62 bits per heavy atom. The number of ether oxygens (including phenoxy) is 1. The number of aliphatic hydroxyl groups excluding tert-OH is 2. The molecule has 3 nitrogen and oxygen atoms in total. The molecule has 1 aliphatic rings. The van der Waals surface area contributed by atoms with Crippen LogP contribution in [-0.2, 0) is 4.74 Å². The largest absolute Gasteiger partial charge is 0.392 e. The molecule has 76 valence electrons. The van der Waals surface area contributed by atoms with Crippen LogP contribution in [0.2, 0.25) is 0 Å². The number of hydrogen-bond donors (Lipinski definition) is 2. The molecule has 0 spiro atoms. The summed E-state index contributed by atoms with van der Waals surface area (Å²) in [5.74, 6) is 0. The first-order valence-electron chi connectivity index (χ1n) is 4.61. The van der Waals surface area contributed by atoms with Crippen LogP contribution in [0.15, 0.2) is 11.6 Å². The van der Waals surface area contributed by atoms with E-state index >= 15 is 0 Å². The molecule has 0 saturated carbocycles. The van der Waals surface area contributed by atoms with Gasteiger partial charge in [-0.05, 0) is 26.3 Å². The molecule has 0 aromatic rings. The van der Waals surface area contributed by atoms with Gasteiger partial charge in [0.15, 0.2) is 0 Å². The minimum Gasteiger partial charge on any atom is -0.392 e. The number of hydrogen-bond acceptors (Lipinski definition) is 3. The van der Waals surface area contributed by atoms with Crippen LogP contribution >= 0.6 is 0 Å². The topological polar surface area (TPSA) is 49.7 Å². The van der Waals surface area contributed by atoms with E-state index in [9.17, 15) is 5.11 Å². The first kappa shape index (κ1) is 10.7. The van der Waals surface area contributed by atoms with Crippen LogP contribution in [0.1, 0.15) is 27.2 Å². The average Bonchev–Trinajstić information content (AvgIpc) is 2.27. The molecule has 13 heavy (non-hydrogen) atoms. The lowest BCUT2D eigenvalue weighted by Crippen LogP contribution is -2.31. The third-order valence-electron chi connectivity index (χ3n) is 2.61. The van der Waals surface area contributed by atoms with E-state index in [1.807, 2.05) is 20.8 Å². The molecule has 1 rings (SSSR count). The number of rotatable bonds is 2. The zero-order valence-corrected chi connectivity index (χ0v) is 8.45. The minimum absolute atomic E-state index is 0.0300. The second-order valence-electron chi connectivity index (χ2n) is 4.09. The Kier molecular flexibility index (Phi) is 3.11. The fourth-order valence-electron chi connectivity index (χ4n) is 1.53. The van der Waals surface area contributed by atoms with Gasteiger partial charge in [0.05, 0.1) is 24.4 Å². The van der Waals surface area contributed by atoms with Gasteiger partial charge in [-0.25, -0.2) is 0 Å². The van der Waals surface area contributed by atoms with Gasteiger partial charge in [-0.1, -0.05) is 6.08 Å². The van der Waals surface area contributed by atoms with Crippen LogP contribution in [0.25, 0.3) is 0 Å². The summed E-state index contributed by atoms with van der Waals surface area (Å²) in [7, 11) is 0. The van der Waals surface area contributed by atoms with E-state index in [0.717, 1.165) is 5.57 Å². The van der Waals surface area contributed by atoms with Gasteiger partial charge in [0.25, 0.3) is 0 Å². The Bertz CT molecular complexity index is 208. The van der Waals surface area contributed by atoms with Crippen molar-refractivity contribution in [2.75, 3.05) is 6.61 Å². The smallest absolute Gasteiger partial charge is 0.0893 e. The Labute approximate surface area is 79.0 Å². The zero-order chi connectivity index (χ0) is 10.1. The molecule has 2 unspecified atom stereocenters. The van der Waals surface area contributed by atoms with Crippen molar-refractivity contribution in [3.8, 4) is 0 Å². The average molecular weight is 186 g/mol. The lowest BCUT2D eigenvalue weighted by molar-refractivity contribution is -0.0472. The molecule has 0 aromatic carbocycles. The van der Waals surface area contributed by atoms with Crippen molar-refractivity contribution >= 4 is 0 Å². The van der Waals surface area contributed by atoms with E-state index in [4.69, 9.17) is 9.84 Å². The minimum atomic E-state index is -0.463. The molecular formula is C10H18O3. The summed E-state index contributed by atoms with van der Waals surface area (Å²) in [6.07, 6.45) is 1.88. The highest BCUT2D eigenvalue weighted by Crippen LogP contribution is 2.33. The van der Waals surface area contributed by atoms with Gasteiger partial charge in [-0.3, -0.25) is 0 Å². The maximum absolute atomic E-state index is 9.63. The molecule has 2 atom stereocenters. The summed E-state index contributed by atoms with van der Waals surface area (Å²) in [4.78, 5) is 0. The molecule has 0 aliphatic carbocycles. The van der Waals surface area contributed by atoms with E-state index in [1.54, 1.807) is 6.08 Å². The van der Waals surface area contributed by atoms with E-state index in [0.29, 0.717) is 6.42 Å². The molecular weight excluding hydrogens is 168 g/mol. The van der Waals surface area contributed by atoms with E-state index in [2.05, 4.69) is 0 Å². The molecule has 2 N–H and O–H groups in total. The normalized spacial score (nSPS) is 33.8. The van der Waals surface area contributed by atoms with Crippen LogP contribution in [0.4, 0.5) is 0 Å². The third-order valence-corrected chi connectivity index (χ3v) is 2.61. The van der Waals surface area contributed by atoms with Crippen molar-refractivity contribution in [2.45, 2.75) is 45.0 Å². The second kappa shape index (κ2) is 3.78. The molecule has 1 aliphatic heterocycles. The van der Waals surface area contributed by atoms with Gasteiger partial charge < -0.3 is 14.9 Å². The first-order chi connectivity index (χ1) is 5.97. The highest BCUT2D eigenvalue weighted by atomic mass is 16.5. The maximum Gasteiger partial charge on any atom is 0.0893 e. The lowest BCUT2D eigenvalue weighted by atomic mass is 9.99. The van der Waals surface area contributed by atoms with E-state index in [1.165, 1.54) is 0 Å². The van der Waals surface area contributed by atoms with Crippen molar-refractivity contribution < 1.29 is 14.9 Å². The fraction of sp³-hybridized carbons (Fsp3) is 0.800. The van der Waals surface area contributed by atoms with E-state index < -0.39 is 11.7 Å². The van der Waals surface area contributed by atoms with Crippen LogP contribution in [0.5, 0.6) is 0 Å². The van der Waals surface area contributed by atoms with E-state index in [-0.39, 0.29) is 12.7 Å². The maximum atomic E-state index is 9.63. The highest BCUT2D eigenvalue weighted by molar-refractivity contribution is 5.10.